The van der Waals surface area contributed by atoms with E-state index in [1.54, 1.807) is 12.1 Å². The second kappa shape index (κ2) is 6.20. The molecule has 0 spiro atoms. The van der Waals surface area contributed by atoms with E-state index in [0.29, 0.717) is 6.04 Å². The molecule has 0 unspecified atom stereocenters. The summed E-state index contributed by atoms with van der Waals surface area (Å²) < 4.78 is 16.1. The van der Waals surface area contributed by atoms with Gasteiger partial charge in [0.25, 0.3) is 0 Å². The number of rotatable bonds is 4. The van der Waals surface area contributed by atoms with Crippen LogP contribution in [0, 0.1) is 19.7 Å². The van der Waals surface area contributed by atoms with Gasteiger partial charge in [-0.3, -0.25) is 4.79 Å². The Bertz CT molecular complexity index is 791. The molecule has 0 aliphatic heterocycles. The van der Waals surface area contributed by atoms with Gasteiger partial charge in [-0.05, 0) is 56.5 Å². The van der Waals surface area contributed by atoms with Crippen molar-refractivity contribution in [1.29, 1.82) is 0 Å². The second-order valence-corrected chi connectivity index (χ2v) is 6.26. The van der Waals surface area contributed by atoms with Crippen molar-refractivity contribution in [3.63, 3.8) is 0 Å². The lowest BCUT2D eigenvalue weighted by Crippen LogP contribution is -2.09. The Morgan fingerprint density at radius 3 is 2.83 bits per heavy atom. The molecule has 1 heterocycles. The van der Waals surface area contributed by atoms with E-state index in [1.807, 2.05) is 0 Å². The quantitative estimate of drug-likeness (QED) is 0.795. The van der Waals surface area contributed by atoms with Crippen LogP contribution in [0.5, 0.6) is 0 Å². The van der Waals surface area contributed by atoms with Crippen LogP contribution in [0.15, 0.2) is 30.3 Å². The van der Waals surface area contributed by atoms with Gasteiger partial charge in [-0.2, -0.15) is 0 Å². The Hall–Kier alpha value is -2.07. The monoisotopic (exact) mass is 332 g/mol. The first-order chi connectivity index (χ1) is 11.0. The molecule has 0 radical (unpaired) electrons. The fourth-order valence-corrected chi connectivity index (χ4v) is 2.98. The van der Waals surface area contributed by atoms with Crippen LogP contribution < -0.4 is 5.32 Å². The molecule has 23 heavy (non-hydrogen) atoms. The van der Waals surface area contributed by atoms with Crippen molar-refractivity contribution in [2.75, 3.05) is 5.32 Å². The van der Waals surface area contributed by atoms with Crippen molar-refractivity contribution in [2.45, 2.75) is 32.7 Å². The Balaban J connectivity index is 1.74. The lowest BCUT2D eigenvalue weighted by atomic mass is 10.2. The predicted molar refractivity (Wildman–Crippen MR) is 91.3 cm³/mol. The van der Waals surface area contributed by atoms with Gasteiger partial charge in [-0.1, -0.05) is 17.7 Å². The van der Waals surface area contributed by atoms with Gasteiger partial charge in [0, 0.05) is 23.5 Å². The van der Waals surface area contributed by atoms with Crippen molar-refractivity contribution in [1.82, 2.24) is 4.57 Å². The number of nitrogens with one attached hydrogen (secondary N) is 1. The van der Waals surface area contributed by atoms with E-state index < -0.39 is 5.82 Å². The maximum Gasteiger partial charge on any atom is 0.248 e. The lowest BCUT2D eigenvalue weighted by molar-refractivity contribution is -0.111. The Kier molecular flexibility index (Phi) is 4.26. The number of hydrogen-bond acceptors (Lipinski definition) is 1. The molecule has 3 rings (SSSR count). The largest absolute Gasteiger partial charge is 0.346 e. The summed E-state index contributed by atoms with van der Waals surface area (Å²) >= 11 is 5.70. The van der Waals surface area contributed by atoms with Gasteiger partial charge in [0.2, 0.25) is 5.91 Å². The van der Waals surface area contributed by atoms with E-state index in [2.05, 4.69) is 29.8 Å². The molecule has 1 aliphatic rings. The first kappa shape index (κ1) is 15.8. The van der Waals surface area contributed by atoms with E-state index >= 15 is 0 Å². The number of benzene rings is 1. The minimum atomic E-state index is -0.622. The Morgan fingerprint density at radius 2 is 2.13 bits per heavy atom. The molecule has 0 saturated heterocycles. The second-order valence-electron chi connectivity index (χ2n) is 5.85. The summed E-state index contributed by atoms with van der Waals surface area (Å²) in [6.07, 6.45) is 5.61. The molecule has 1 aromatic carbocycles. The summed E-state index contributed by atoms with van der Waals surface area (Å²) in [7, 11) is 0. The Labute approximate surface area is 139 Å². The summed E-state index contributed by atoms with van der Waals surface area (Å²) in [6, 6.07) is 7.18. The van der Waals surface area contributed by atoms with Gasteiger partial charge in [0.15, 0.2) is 5.82 Å². The van der Waals surface area contributed by atoms with Gasteiger partial charge in [0.1, 0.15) is 0 Å². The SMILES string of the molecule is Cc1cc(/C=C/C(=O)Nc2cccc(Cl)c2F)c(C)n1C1CC1. The highest BCUT2D eigenvalue weighted by Crippen LogP contribution is 2.38. The molecule has 1 fully saturated rings. The van der Waals surface area contributed by atoms with E-state index in [1.165, 1.54) is 36.7 Å². The highest BCUT2D eigenvalue weighted by Gasteiger charge is 2.26. The number of aryl methyl sites for hydroxylation is 1. The highest BCUT2D eigenvalue weighted by molar-refractivity contribution is 6.31. The van der Waals surface area contributed by atoms with Crippen LogP contribution in [0.4, 0.5) is 10.1 Å². The smallest absolute Gasteiger partial charge is 0.248 e. The average Bonchev–Trinajstić information content (AvgIpc) is 3.28. The van der Waals surface area contributed by atoms with Crippen molar-refractivity contribution in [2.24, 2.45) is 0 Å². The van der Waals surface area contributed by atoms with Crippen LogP contribution in [-0.2, 0) is 4.79 Å². The third-order valence-corrected chi connectivity index (χ3v) is 4.35. The number of nitrogens with zero attached hydrogens (tertiary/aromatic N) is 1. The number of anilines is 1. The average molecular weight is 333 g/mol. The van der Waals surface area contributed by atoms with E-state index in [0.717, 1.165) is 11.3 Å². The van der Waals surface area contributed by atoms with Crippen molar-refractivity contribution >= 4 is 29.3 Å². The zero-order valence-electron chi connectivity index (χ0n) is 13.1. The summed E-state index contributed by atoms with van der Waals surface area (Å²) in [4.78, 5) is 12.0. The maximum absolute atomic E-state index is 13.8. The number of amides is 1. The third-order valence-electron chi connectivity index (χ3n) is 4.06. The van der Waals surface area contributed by atoms with Crippen LogP contribution in [0.2, 0.25) is 5.02 Å². The first-order valence-electron chi connectivity index (χ1n) is 7.59. The van der Waals surface area contributed by atoms with Gasteiger partial charge in [-0.25, -0.2) is 4.39 Å². The maximum atomic E-state index is 13.8. The minimum absolute atomic E-state index is 0.0141. The van der Waals surface area contributed by atoms with Gasteiger partial charge >= 0.3 is 0 Å². The first-order valence-corrected chi connectivity index (χ1v) is 7.96. The van der Waals surface area contributed by atoms with E-state index in [4.69, 9.17) is 11.6 Å². The molecule has 1 N–H and O–H groups in total. The number of halogens is 2. The van der Waals surface area contributed by atoms with Crippen LogP contribution in [0.3, 0.4) is 0 Å². The van der Waals surface area contributed by atoms with Gasteiger partial charge in [-0.15, -0.1) is 0 Å². The van der Waals surface area contributed by atoms with Crippen LogP contribution >= 0.6 is 11.6 Å². The van der Waals surface area contributed by atoms with Gasteiger partial charge < -0.3 is 9.88 Å². The highest BCUT2D eigenvalue weighted by atomic mass is 35.5. The summed E-state index contributed by atoms with van der Waals surface area (Å²) in [5.41, 5.74) is 3.45. The lowest BCUT2D eigenvalue weighted by Gasteiger charge is -2.06. The zero-order chi connectivity index (χ0) is 16.6. The number of carbonyl (C=O) groups excluding carboxylic acids is 1. The molecular formula is C18H18ClFN2O. The minimum Gasteiger partial charge on any atom is -0.346 e. The zero-order valence-corrected chi connectivity index (χ0v) is 13.8. The molecule has 1 aromatic heterocycles. The van der Waals surface area contributed by atoms with Gasteiger partial charge in [0.05, 0.1) is 10.7 Å². The van der Waals surface area contributed by atoms with E-state index in [-0.39, 0.29) is 16.6 Å². The van der Waals surface area contributed by atoms with Crippen molar-refractivity contribution in [3.05, 3.63) is 58.1 Å². The summed E-state index contributed by atoms with van der Waals surface area (Å²) in [6.45, 7) is 4.13. The standard InChI is InChI=1S/C18H18ClFN2O/c1-11-10-13(12(2)22(11)14-7-8-14)6-9-17(23)21-16-5-3-4-15(19)18(16)20/h3-6,9-10,14H,7-8H2,1-2H3,(H,21,23)/b9-6+. The number of carbonyl (C=O) groups is 1. The normalized spacial score (nSPS) is 14.4. The molecule has 2 aromatic rings. The molecule has 120 valence electrons. The number of aromatic nitrogens is 1. The Morgan fingerprint density at radius 1 is 1.39 bits per heavy atom. The summed E-state index contributed by atoms with van der Waals surface area (Å²) in [5.74, 6) is -1.01. The molecule has 0 atom stereocenters. The van der Waals surface area contributed by atoms with Crippen LogP contribution in [0.1, 0.15) is 35.8 Å². The summed E-state index contributed by atoms with van der Waals surface area (Å²) in [5, 5.41) is 2.49. The molecule has 1 amide bonds. The predicted octanol–water partition coefficient (Wildman–Crippen LogP) is 4.88. The van der Waals surface area contributed by atoms with Crippen LogP contribution in [0.25, 0.3) is 6.08 Å². The fraction of sp³-hybridized carbons (Fsp3) is 0.278. The molecule has 3 nitrogen and oxygen atoms in total. The van der Waals surface area contributed by atoms with Crippen molar-refractivity contribution in [3.8, 4) is 0 Å². The fourth-order valence-electron chi connectivity index (χ4n) is 2.81. The van der Waals surface area contributed by atoms with E-state index in [9.17, 15) is 9.18 Å². The molecule has 1 aliphatic carbocycles. The molecule has 5 heteroatoms. The molecule has 1 saturated carbocycles. The number of hydrogen-bond donors (Lipinski definition) is 1. The molecule has 0 bridgehead atoms. The van der Waals surface area contributed by atoms with Crippen LogP contribution in [-0.4, -0.2) is 10.5 Å². The topological polar surface area (TPSA) is 34.0 Å². The van der Waals surface area contributed by atoms with Crippen molar-refractivity contribution < 1.29 is 9.18 Å². The molecular weight excluding hydrogens is 315 g/mol. The third kappa shape index (κ3) is 3.32.